The van der Waals surface area contributed by atoms with Gasteiger partial charge in [-0.3, -0.25) is 4.79 Å². The molecular weight excluding hydrogens is 312 g/mol. The molecule has 6 heteroatoms. The number of rotatable bonds is 5. The number of carbonyl (C=O) groups excluding carboxylic acids is 1. The molecule has 0 bridgehead atoms. The minimum Gasteiger partial charge on any atom is -0.347 e. The van der Waals surface area contributed by atoms with Gasteiger partial charge in [-0.2, -0.15) is 0 Å². The summed E-state index contributed by atoms with van der Waals surface area (Å²) < 4.78 is 0. The van der Waals surface area contributed by atoms with Crippen LogP contribution in [-0.2, 0) is 0 Å². The van der Waals surface area contributed by atoms with Crippen molar-refractivity contribution in [1.82, 2.24) is 5.32 Å². The predicted molar refractivity (Wildman–Crippen MR) is 90.2 cm³/mol. The normalized spacial score (nSPS) is 17.3. The first kappa shape index (κ1) is 17.8. The fourth-order valence-electron chi connectivity index (χ4n) is 2.76. The monoisotopic (exact) mass is 334 g/mol. The van der Waals surface area contributed by atoms with E-state index < -0.39 is 0 Å². The molecule has 0 saturated heterocycles. The zero-order valence-corrected chi connectivity index (χ0v) is 14.2. The van der Waals surface area contributed by atoms with Crippen LogP contribution in [0.2, 0.25) is 0 Å². The van der Waals surface area contributed by atoms with Crippen molar-refractivity contribution in [2.75, 3.05) is 12.8 Å². The zero-order valence-electron chi connectivity index (χ0n) is 11.8. The Morgan fingerprint density at radius 3 is 2.80 bits per heavy atom. The Morgan fingerprint density at radius 1 is 1.50 bits per heavy atom. The summed E-state index contributed by atoms with van der Waals surface area (Å²) in [6, 6.07) is 2.13. The Labute approximate surface area is 135 Å². The number of halogens is 1. The van der Waals surface area contributed by atoms with E-state index >= 15 is 0 Å². The number of thioether (sulfide) groups is 1. The van der Waals surface area contributed by atoms with E-state index in [1.807, 2.05) is 17.7 Å². The maximum Gasteiger partial charge on any atom is 0.262 e. The Kier molecular flexibility index (Phi) is 7.95. The van der Waals surface area contributed by atoms with Gasteiger partial charge in [-0.05, 0) is 36.5 Å². The molecule has 0 aromatic carbocycles. The summed E-state index contributed by atoms with van der Waals surface area (Å²) in [6.07, 6.45) is 8.26. The topological polar surface area (TPSA) is 55.1 Å². The second kappa shape index (κ2) is 8.93. The van der Waals surface area contributed by atoms with Gasteiger partial charge in [0.25, 0.3) is 5.91 Å². The lowest BCUT2D eigenvalue weighted by atomic mass is 9.84. The SMILES string of the molecule is CSc1ccsc1C(=O)NC(CN)C1CCCCC1.Cl. The molecular formula is C14H23ClN2OS2. The van der Waals surface area contributed by atoms with Gasteiger partial charge in [0.15, 0.2) is 0 Å². The molecule has 1 saturated carbocycles. The van der Waals surface area contributed by atoms with Crippen LogP contribution in [0.1, 0.15) is 41.8 Å². The summed E-state index contributed by atoms with van der Waals surface area (Å²) in [5.41, 5.74) is 5.86. The van der Waals surface area contributed by atoms with Gasteiger partial charge in [-0.1, -0.05) is 19.3 Å². The van der Waals surface area contributed by atoms with Crippen molar-refractivity contribution in [3.63, 3.8) is 0 Å². The van der Waals surface area contributed by atoms with Crippen molar-refractivity contribution in [2.45, 2.75) is 43.0 Å². The van der Waals surface area contributed by atoms with Crippen LogP contribution in [0.3, 0.4) is 0 Å². The van der Waals surface area contributed by atoms with Crippen LogP contribution >= 0.6 is 35.5 Å². The minimum atomic E-state index is 0. The average Bonchev–Trinajstić information content (AvgIpc) is 2.94. The van der Waals surface area contributed by atoms with Gasteiger partial charge in [0.2, 0.25) is 0 Å². The largest absolute Gasteiger partial charge is 0.347 e. The maximum atomic E-state index is 12.3. The summed E-state index contributed by atoms with van der Waals surface area (Å²) in [5, 5.41) is 5.12. The van der Waals surface area contributed by atoms with E-state index in [4.69, 9.17) is 5.73 Å². The molecule has 3 N–H and O–H groups in total. The Bertz CT molecular complexity index is 419. The number of carbonyl (C=O) groups is 1. The molecule has 1 atom stereocenters. The molecule has 1 aromatic rings. The highest BCUT2D eigenvalue weighted by molar-refractivity contribution is 7.98. The molecule has 1 heterocycles. The highest BCUT2D eigenvalue weighted by Gasteiger charge is 2.25. The number of nitrogens with two attached hydrogens (primary N) is 1. The van der Waals surface area contributed by atoms with Crippen molar-refractivity contribution < 1.29 is 4.79 Å². The first-order valence-corrected chi connectivity index (χ1v) is 8.99. The lowest BCUT2D eigenvalue weighted by molar-refractivity contribution is 0.0917. The van der Waals surface area contributed by atoms with Gasteiger partial charge < -0.3 is 11.1 Å². The lowest BCUT2D eigenvalue weighted by Gasteiger charge is -2.30. The maximum absolute atomic E-state index is 12.3. The van der Waals surface area contributed by atoms with Crippen LogP contribution in [0.5, 0.6) is 0 Å². The van der Waals surface area contributed by atoms with Crippen molar-refractivity contribution in [1.29, 1.82) is 0 Å². The molecule has 20 heavy (non-hydrogen) atoms. The number of hydrogen-bond acceptors (Lipinski definition) is 4. The summed E-state index contributed by atoms with van der Waals surface area (Å²) in [4.78, 5) is 14.2. The third-order valence-electron chi connectivity index (χ3n) is 3.84. The van der Waals surface area contributed by atoms with E-state index in [-0.39, 0.29) is 24.4 Å². The smallest absolute Gasteiger partial charge is 0.262 e. The third kappa shape index (κ3) is 4.38. The van der Waals surface area contributed by atoms with Crippen LogP contribution < -0.4 is 11.1 Å². The highest BCUT2D eigenvalue weighted by Crippen LogP contribution is 2.28. The molecule has 1 fully saturated rings. The van der Waals surface area contributed by atoms with Crippen LogP contribution in [0.4, 0.5) is 0 Å². The van der Waals surface area contributed by atoms with Gasteiger partial charge in [0, 0.05) is 17.5 Å². The molecule has 0 radical (unpaired) electrons. The van der Waals surface area contributed by atoms with E-state index in [0.29, 0.717) is 12.5 Å². The van der Waals surface area contributed by atoms with Crippen LogP contribution in [0, 0.1) is 5.92 Å². The van der Waals surface area contributed by atoms with Crippen molar-refractivity contribution in [2.24, 2.45) is 11.7 Å². The van der Waals surface area contributed by atoms with Crippen LogP contribution in [0.15, 0.2) is 16.3 Å². The van der Waals surface area contributed by atoms with E-state index in [1.54, 1.807) is 11.8 Å². The molecule has 1 aliphatic rings. The Hall–Kier alpha value is -0.230. The molecule has 0 spiro atoms. The summed E-state index contributed by atoms with van der Waals surface area (Å²) in [6.45, 7) is 0.538. The van der Waals surface area contributed by atoms with Crippen molar-refractivity contribution in [3.8, 4) is 0 Å². The molecule has 3 nitrogen and oxygen atoms in total. The summed E-state index contributed by atoms with van der Waals surface area (Å²) >= 11 is 3.13. The van der Waals surface area contributed by atoms with Gasteiger partial charge in [0.05, 0.1) is 0 Å². The predicted octanol–water partition coefficient (Wildman–Crippen LogP) is 3.53. The second-order valence-corrected chi connectivity index (χ2v) is 6.80. The number of nitrogens with one attached hydrogen (secondary N) is 1. The third-order valence-corrected chi connectivity index (χ3v) is 5.67. The van der Waals surface area contributed by atoms with Crippen LogP contribution in [0.25, 0.3) is 0 Å². The average molecular weight is 335 g/mol. The fraction of sp³-hybridized carbons (Fsp3) is 0.643. The van der Waals surface area contributed by atoms with Crippen molar-refractivity contribution in [3.05, 3.63) is 16.3 Å². The first-order chi connectivity index (χ1) is 9.26. The zero-order chi connectivity index (χ0) is 13.7. The molecule has 1 aromatic heterocycles. The van der Waals surface area contributed by atoms with E-state index in [1.165, 1.54) is 43.4 Å². The van der Waals surface area contributed by atoms with Gasteiger partial charge in [-0.15, -0.1) is 35.5 Å². The second-order valence-electron chi connectivity index (χ2n) is 5.03. The van der Waals surface area contributed by atoms with Crippen molar-refractivity contribution >= 4 is 41.4 Å². The standard InChI is InChI=1S/C14H22N2OS2.ClH/c1-18-12-7-8-19-13(12)14(17)16-11(9-15)10-5-3-2-4-6-10;/h7-8,10-11H,2-6,9,15H2,1H3,(H,16,17);1H. The molecule has 114 valence electrons. The highest BCUT2D eigenvalue weighted by atomic mass is 35.5. The van der Waals surface area contributed by atoms with Gasteiger partial charge in [-0.25, -0.2) is 0 Å². The number of thiophene rings is 1. The number of hydrogen-bond donors (Lipinski definition) is 2. The van der Waals surface area contributed by atoms with E-state index in [2.05, 4.69) is 5.32 Å². The molecule has 1 amide bonds. The molecule has 0 aliphatic heterocycles. The van der Waals surface area contributed by atoms with E-state index in [9.17, 15) is 4.79 Å². The van der Waals surface area contributed by atoms with Gasteiger partial charge in [0.1, 0.15) is 4.88 Å². The molecule has 2 rings (SSSR count). The molecule has 1 unspecified atom stereocenters. The number of amides is 1. The lowest BCUT2D eigenvalue weighted by Crippen LogP contribution is -2.45. The Morgan fingerprint density at radius 2 is 2.20 bits per heavy atom. The Balaban J connectivity index is 0.00000200. The van der Waals surface area contributed by atoms with Gasteiger partial charge >= 0.3 is 0 Å². The van der Waals surface area contributed by atoms with Crippen LogP contribution in [-0.4, -0.2) is 24.7 Å². The first-order valence-electron chi connectivity index (χ1n) is 6.88. The van der Waals surface area contributed by atoms with E-state index in [0.717, 1.165) is 9.77 Å². The minimum absolute atomic E-state index is 0. The fourth-order valence-corrected chi connectivity index (χ4v) is 4.42. The molecule has 1 aliphatic carbocycles. The summed E-state index contributed by atoms with van der Waals surface area (Å²) in [5.74, 6) is 0.598. The summed E-state index contributed by atoms with van der Waals surface area (Å²) in [7, 11) is 0. The quantitative estimate of drug-likeness (QED) is 0.810.